The number of hydrogen-bond donors (Lipinski definition) is 0. The summed E-state index contributed by atoms with van der Waals surface area (Å²) in [7, 11) is 1.80. The molecule has 1 saturated heterocycles. The molecule has 0 saturated carbocycles. The van der Waals surface area contributed by atoms with Crippen molar-refractivity contribution in [1.82, 2.24) is 14.8 Å². The zero-order valence-electron chi connectivity index (χ0n) is 11.5. The van der Waals surface area contributed by atoms with Crippen LogP contribution in [0.15, 0.2) is 18.3 Å². The number of nitrogens with zero attached hydrogens (tertiary/aromatic N) is 3. The summed E-state index contributed by atoms with van der Waals surface area (Å²) in [4.78, 5) is 19.8. The van der Waals surface area contributed by atoms with E-state index in [2.05, 4.69) is 16.8 Å². The van der Waals surface area contributed by atoms with Gasteiger partial charge in [-0.3, -0.25) is 4.79 Å². The van der Waals surface area contributed by atoms with Crippen molar-refractivity contribution >= 4 is 5.91 Å². The molecule has 0 unspecified atom stereocenters. The maximum absolute atomic E-state index is 13.0. The largest absolute Gasteiger partial charge is 0.339 e. The van der Waals surface area contributed by atoms with E-state index < -0.39 is 5.95 Å². The van der Waals surface area contributed by atoms with Gasteiger partial charge in [0.25, 0.3) is 5.91 Å². The number of pyridine rings is 1. The van der Waals surface area contributed by atoms with Gasteiger partial charge in [-0.05, 0) is 25.5 Å². The van der Waals surface area contributed by atoms with E-state index in [-0.39, 0.29) is 11.9 Å². The number of halogens is 1. The summed E-state index contributed by atoms with van der Waals surface area (Å²) in [5.41, 5.74) is 0.368. The van der Waals surface area contributed by atoms with Crippen LogP contribution in [0.1, 0.15) is 30.1 Å². The molecule has 0 aliphatic carbocycles. The molecule has 0 bridgehead atoms. The third-order valence-corrected chi connectivity index (χ3v) is 3.85. The molecular formula is C14H20FN3O. The van der Waals surface area contributed by atoms with E-state index in [4.69, 9.17) is 0 Å². The molecule has 1 aliphatic rings. The van der Waals surface area contributed by atoms with Crippen LogP contribution in [0, 0.1) is 5.95 Å². The lowest BCUT2D eigenvalue weighted by atomic mass is 10.0. The summed E-state index contributed by atoms with van der Waals surface area (Å²) in [6, 6.07) is 3.00. The number of likely N-dealkylation sites (tertiary alicyclic amines) is 1. The Morgan fingerprint density at radius 1 is 1.53 bits per heavy atom. The lowest BCUT2D eigenvalue weighted by Crippen LogP contribution is -2.45. The highest BCUT2D eigenvalue weighted by Gasteiger charge is 2.25. The fourth-order valence-electron chi connectivity index (χ4n) is 2.53. The van der Waals surface area contributed by atoms with Crippen LogP contribution in [-0.2, 0) is 0 Å². The average Bonchev–Trinajstić information content (AvgIpc) is 2.46. The van der Waals surface area contributed by atoms with E-state index in [1.165, 1.54) is 12.3 Å². The SMILES string of the molecule is CCN1CCC(N(C)C(=O)c2ccnc(F)c2)CC1. The zero-order valence-corrected chi connectivity index (χ0v) is 11.5. The fraction of sp³-hybridized carbons (Fsp3) is 0.571. The predicted octanol–water partition coefficient (Wildman–Crippen LogP) is 1.78. The molecule has 1 aliphatic heterocycles. The monoisotopic (exact) mass is 265 g/mol. The Labute approximate surface area is 113 Å². The van der Waals surface area contributed by atoms with Crippen molar-refractivity contribution < 1.29 is 9.18 Å². The second kappa shape index (κ2) is 6.10. The average molecular weight is 265 g/mol. The highest BCUT2D eigenvalue weighted by molar-refractivity contribution is 5.94. The van der Waals surface area contributed by atoms with Gasteiger partial charge >= 0.3 is 0 Å². The first-order valence-electron chi connectivity index (χ1n) is 6.73. The van der Waals surface area contributed by atoms with Crippen LogP contribution in [0.25, 0.3) is 0 Å². The Kier molecular flexibility index (Phi) is 4.47. The van der Waals surface area contributed by atoms with E-state index in [1.54, 1.807) is 18.0 Å². The number of amides is 1. The van der Waals surface area contributed by atoms with Gasteiger partial charge in [-0.1, -0.05) is 6.92 Å². The van der Waals surface area contributed by atoms with E-state index in [1.807, 2.05) is 0 Å². The Balaban J connectivity index is 2.00. The summed E-state index contributed by atoms with van der Waals surface area (Å²) in [5, 5.41) is 0. The van der Waals surface area contributed by atoms with Gasteiger partial charge in [-0.15, -0.1) is 0 Å². The summed E-state index contributed by atoms with van der Waals surface area (Å²) in [5.74, 6) is -0.740. The molecule has 1 aromatic heterocycles. The first kappa shape index (κ1) is 13.9. The first-order chi connectivity index (χ1) is 9.11. The van der Waals surface area contributed by atoms with Crippen molar-refractivity contribution in [1.29, 1.82) is 0 Å². The number of carbonyl (C=O) groups is 1. The van der Waals surface area contributed by atoms with Gasteiger partial charge in [0.2, 0.25) is 5.95 Å². The number of aromatic nitrogens is 1. The van der Waals surface area contributed by atoms with Crippen LogP contribution in [0.2, 0.25) is 0 Å². The molecule has 1 aromatic rings. The lowest BCUT2D eigenvalue weighted by Gasteiger charge is -2.36. The molecule has 19 heavy (non-hydrogen) atoms. The van der Waals surface area contributed by atoms with Crippen molar-refractivity contribution in [3.8, 4) is 0 Å². The molecule has 1 amide bonds. The van der Waals surface area contributed by atoms with Gasteiger partial charge in [-0.2, -0.15) is 4.39 Å². The second-order valence-corrected chi connectivity index (χ2v) is 4.95. The van der Waals surface area contributed by atoms with Gasteiger partial charge in [0.1, 0.15) is 0 Å². The number of carbonyl (C=O) groups excluding carboxylic acids is 1. The Hall–Kier alpha value is -1.49. The minimum Gasteiger partial charge on any atom is -0.339 e. The maximum Gasteiger partial charge on any atom is 0.254 e. The number of piperidine rings is 1. The van der Waals surface area contributed by atoms with Crippen molar-refractivity contribution in [3.63, 3.8) is 0 Å². The van der Waals surface area contributed by atoms with Crippen molar-refractivity contribution in [2.75, 3.05) is 26.7 Å². The topological polar surface area (TPSA) is 36.4 Å². The fourth-order valence-corrected chi connectivity index (χ4v) is 2.53. The lowest BCUT2D eigenvalue weighted by molar-refractivity contribution is 0.0646. The molecule has 104 valence electrons. The summed E-state index contributed by atoms with van der Waals surface area (Å²) in [6.45, 7) is 5.24. The minimum absolute atomic E-state index is 0.128. The van der Waals surface area contributed by atoms with Gasteiger partial charge in [0, 0.05) is 44.0 Å². The van der Waals surface area contributed by atoms with Crippen LogP contribution >= 0.6 is 0 Å². The van der Waals surface area contributed by atoms with E-state index >= 15 is 0 Å². The van der Waals surface area contributed by atoms with Crippen LogP contribution in [0.5, 0.6) is 0 Å². The second-order valence-electron chi connectivity index (χ2n) is 4.95. The molecule has 0 aromatic carbocycles. The van der Waals surface area contributed by atoms with Gasteiger partial charge in [-0.25, -0.2) is 4.98 Å². The van der Waals surface area contributed by atoms with Gasteiger partial charge in [0.05, 0.1) is 0 Å². The van der Waals surface area contributed by atoms with Crippen LogP contribution in [0.3, 0.4) is 0 Å². The Bertz CT molecular complexity index is 444. The summed E-state index contributed by atoms with van der Waals surface area (Å²) in [6.07, 6.45) is 3.28. The van der Waals surface area contributed by atoms with Crippen LogP contribution in [0.4, 0.5) is 4.39 Å². The van der Waals surface area contributed by atoms with Gasteiger partial charge < -0.3 is 9.80 Å². The van der Waals surface area contributed by atoms with Gasteiger partial charge in [0.15, 0.2) is 0 Å². The molecule has 2 heterocycles. The smallest absolute Gasteiger partial charge is 0.254 e. The summed E-state index contributed by atoms with van der Waals surface area (Å²) >= 11 is 0. The van der Waals surface area contributed by atoms with Crippen molar-refractivity contribution in [3.05, 3.63) is 29.8 Å². The first-order valence-corrected chi connectivity index (χ1v) is 6.73. The molecule has 5 heteroatoms. The molecule has 4 nitrogen and oxygen atoms in total. The summed E-state index contributed by atoms with van der Waals surface area (Å²) < 4.78 is 13.0. The maximum atomic E-state index is 13.0. The van der Waals surface area contributed by atoms with E-state index in [0.29, 0.717) is 5.56 Å². The Morgan fingerprint density at radius 3 is 2.79 bits per heavy atom. The highest BCUT2D eigenvalue weighted by Crippen LogP contribution is 2.17. The zero-order chi connectivity index (χ0) is 13.8. The number of hydrogen-bond acceptors (Lipinski definition) is 3. The Morgan fingerprint density at radius 2 is 2.21 bits per heavy atom. The predicted molar refractivity (Wildman–Crippen MR) is 71.4 cm³/mol. The quantitative estimate of drug-likeness (QED) is 0.782. The molecular weight excluding hydrogens is 245 g/mol. The van der Waals surface area contributed by atoms with Crippen LogP contribution < -0.4 is 0 Å². The third-order valence-electron chi connectivity index (χ3n) is 3.85. The van der Waals surface area contributed by atoms with Crippen molar-refractivity contribution in [2.24, 2.45) is 0 Å². The molecule has 1 fully saturated rings. The van der Waals surface area contributed by atoms with Crippen molar-refractivity contribution in [2.45, 2.75) is 25.8 Å². The number of rotatable bonds is 3. The third kappa shape index (κ3) is 3.29. The normalized spacial score (nSPS) is 17.4. The minimum atomic E-state index is -0.611. The van der Waals surface area contributed by atoms with E-state index in [0.717, 1.165) is 32.5 Å². The van der Waals surface area contributed by atoms with Crippen LogP contribution in [-0.4, -0.2) is 53.4 Å². The molecule has 0 spiro atoms. The van der Waals surface area contributed by atoms with E-state index in [9.17, 15) is 9.18 Å². The highest BCUT2D eigenvalue weighted by atomic mass is 19.1. The molecule has 2 rings (SSSR count). The molecule has 0 radical (unpaired) electrons. The molecule has 0 N–H and O–H groups in total. The standard InChI is InChI=1S/C14H20FN3O/c1-3-18-8-5-12(6-9-18)17(2)14(19)11-4-7-16-13(15)10-11/h4,7,10,12H,3,5-6,8-9H2,1-2H3. The molecule has 0 atom stereocenters.